The summed E-state index contributed by atoms with van der Waals surface area (Å²) in [6.45, 7) is 1.36. The lowest BCUT2D eigenvalue weighted by Crippen LogP contribution is -2.49. The van der Waals surface area contributed by atoms with Gasteiger partial charge in [-0.2, -0.15) is 17.5 Å². The summed E-state index contributed by atoms with van der Waals surface area (Å²) in [5, 5.41) is 0. The number of aryl methyl sites for hydroxylation is 1. The number of imidazole rings is 1. The van der Waals surface area contributed by atoms with Crippen molar-refractivity contribution in [3.8, 4) is 0 Å². The van der Waals surface area contributed by atoms with E-state index in [0.717, 1.165) is 4.31 Å². The monoisotopic (exact) mass is 325 g/mol. The first-order chi connectivity index (χ1) is 9.70. The fourth-order valence-electron chi connectivity index (χ4n) is 2.49. The van der Waals surface area contributed by atoms with Crippen molar-refractivity contribution in [2.75, 3.05) is 12.3 Å². The second-order valence-electron chi connectivity index (χ2n) is 5.35. The van der Waals surface area contributed by atoms with Gasteiger partial charge in [-0.05, 0) is 19.8 Å². The van der Waals surface area contributed by atoms with E-state index in [0.29, 0.717) is 0 Å². The molecule has 0 aliphatic carbocycles. The average Bonchev–Trinajstić information content (AvgIpc) is 2.88. The molecule has 5 nitrogen and oxygen atoms in total. The van der Waals surface area contributed by atoms with Crippen molar-refractivity contribution in [3.63, 3.8) is 0 Å². The van der Waals surface area contributed by atoms with E-state index in [9.17, 15) is 21.6 Å². The third kappa shape index (κ3) is 3.97. The minimum Gasteiger partial charge on any atom is -0.336 e. The third-order valence-corrected chi connectivity index (χ3v) is 5.73. The van der Waals surface area contributed by atoms with Gasteiger partial charge in [-0.3, -0.25) is 0 Å². The minimum absolute atomic E-state index is 0.0157. The molecule has 0 amide bonds. The van der Waals surface area contributed by atoms with Crippen molar-refractivity contribution in [1.82, 2.24) is 13.9 Å². The molecular weight excluding hydrogens is 307 g/mol. The van der Waals surface area contributed by atoms with Crippen molar-refractivity contribution in [2.45, 2.75) is 38.5 Å². The molecule has 1 saturated heterocycles. The Morgan fingerprint density at radius 2 is 2.05 bits per heavy atom. The molecule has 0 saturated carbocycles. The number of alkyl halides is 3. The zero-order valence-corrected chi connectivity index (χ0v) is 12.4. The Morgan fingerprint density at radius 1 is 1.33 bits per heavy atom. The van der Waals surface area contributed by atoms with E-state index < -0.39 is 34.7 Å². The first-order valence-corrected chi connectivity index (χ1v) is 8.33. The van der Waals surface area contributed by atoms with E-state index in [1.807, 2.05) is 0 Å². The Morgan fingerprint density at radius 3 is 2.62 bits per heavy atom. The summed E-state index contributed by atoms with van der Waals surface area (Å²) in [6, 6.07) is -0.392. The average molecular weight is 325 g/mol. The largest absolute Gasteiger partial charge is 0.393 e. The molecule has 0 bridgehead atoms. The van der Waals surface area contributed by atoms with Crippen molar-refractivity contribution in [3.05, 3.63) is 18.7 Å². The number of halogens is 3. The lowest BCUT2D eigenvalue weighted by atomic mass is 9.95. The van der Waals surface area contributed by atoms with Gasteiger partial charge in [-0.25, -0.2) is 13.4 Å². The van der Waals surface area contributed by atoms with Crippen molar-refractivity contribution in [1.29, 1.82) is 0 Å². The number of sulfonamides is 1. The standard InChI is InChI=1S/C12H18F3N3O2S/c1-10-2-3-11(12(13,14)15)8-18(10)21(19,20)7-6-17-5-4-16-9-17/h4-5,9-11H,2-3,6-8H2,1H3. The summed E-state index contributed by atoms with van der Waals surface area (Å²) < 4.78 is 65.6. The van der Waals surface area contributed by atoms with E-state index in [4.69, 9.17) is 0 Å². The molecule has 1 aromatic rings. The maximum absolute atomic E-state index is 12.8. The number of piperidine rings is 1. The molecule has 1 aromatic heterocycles. The van der Waals surface area contributed by atoms with E-state index in [-0.39, 0.29) is 25.1 Å². The molecule has 1 aliphatic rings. The van der Waals surface area contributed by atoms with Gasteiger partial charge >= 0.3 is 6.18 Å². The maximum atomic E-state index is 12.8. The van der Waals surface area contributed by atoms with Crippen LogP contribution in [0.15, 0.2) is 18.7 Å². The predicted octanol–water partition coefficient (Wildman–Crippen LogP) is 1.88. The number of hydrogen-bond acceptors (Lipinski definition) is 3. The number of aromatic nitrogens is 2. The second-order valence-corrected chi connectivity index (χ2v) is 7.39. The van der Waals surface area contributed by atoms with Crippen molar-refractivity contribution < 1.29 is 21.6 Å². The molecule has 0 radical (unpaired) electrons. The van der Waals surface area contributed by atoms with Crippen LogP contribution in [0.1, 0.15) is 19.8 Å². The molecule has 2 heterocycles. The highest BCUT2D eigenvalue weighted by Crippen LogP contribution is 2.36. The molecule has 9 heteroatoms. The van der Waals surface area contributed by atoms with Crippen molar-refractivity contribution in [2.24, 2.45) is 5.92 Å². The minimum atomic E-state index is -4.35. The van der Waals surface area contributed by atoms with Crippen molar-refractivity contribution >= 4 is 10.0 Å². The molecule has 1 fully saturated rings. The molecule has 0 N–H and O–H groups in total. The molecule has 2 rings (SSSR count). The van der Waals surface area contributed by atoms with Crippen LogP contribution in [0.5, 0.6) is 0 Å². The van der Waals surface area contributed by atoms with Crippen LogP contribution < -0.4 is 0 Å². The Kier molecular flexibility index (Phi) is 4.62. The normalized spacial score (nSPS) is 25.1. The summed E-state index contributed by atoms with van der Waals surface area (Å²) in [5.74, 6) is -1.80. The first-order valence-electron chi connectivity index (χ1n) is 6.72. The highest BCUT2D eigenvalue weighted by Gasteiger charge is 2.45. The predicted molar refractivity (Wildman–Crippen MR) is 71.0 cm³/mol. The van der Waals surface area contributed by atoms with E-state index >= 15 is 0 Å². The van der Waals surface area contributed by atoms with Gasteiger partial charge in [0.05, 0.1) is 18.0 Å². The number of rotatable bonds is 4. The molecule has 120 valence electrons. The SMILES string of the molecule is CC1CCC(C(F)(F)F)CN1S(=O)(=O)CCn1ccnc1. The van der Waals surface area contributed by atoms with Crippen LogP contribution >= 0.6 is 0 Å². The topological polar surface area (TPSA) is 55.2 Å². The Hall–Kier alpha value is -1.09. The van der Waals surface area contributed by atoms with Gasteiger partial charge in [-0.15, -0.1) is 0 Å². The van der Waals surface area contributed by atoms with E-state index in [2.05, 4.69) is 4.98 Å². The smallest absolute Gasteiger partial charge is 0.336 e. The Labute approximate surface area is 121 Å². The number of hydrogen-bond donors (Lipinski definition) is 0. The Balaban J connectivity index is 2.06. The molecule has 2 atom stereocenters. The fourth-order valence-corrected chi connectivity index (χ4v) is 4.22. The zero-order valence-electron chi connectivity index (χ0n) is 11.6. The van der Waals surface area contributed by atoms with Crippen LogP contribution in [-0.4, -0.2) is 46.8 Å². The van der Waals surface area contributed by atoms with E-state index in [1.165, 1.54) is 12.5 Å². The summed E-state index contributed by atoms with van der Waals surface area (Å²) >= 11 is 0. The van der Waals surface area contributed by atoms with E-state index in [1.54, 1.807) is 17.7 Å². The van der Waals surface area contributed by atoms with Gasteiger partial charge in [-0.1, -0.05) is 0 Å². The fraction of sp³-hybridized carbons (Fsp3) is 0.750. The third-order valence-electron chi connectivity index (χ3n) is 3.81. The second kappa shape index (κ2) is 5.96. The summed E-state index contributed by atoms with van der Waals surface area (Å²) in [7, 11) is -3.72. The lowest BCUT2D eigenvalue weighted by molar-refractivity contribution is -0.184. The summed E-state index contributed by atoms with van der Waals surface area (Å²) in [6.07, 6.45) is 0.488. The van der Waals surface area contributed by atoms with Crippen LogP contribution in [0.3, 0.4) is 0 Å². The summed E-state index contributed by atoms with van der Waals surface area (Å²) in [5.41, 5.74) is 0. The molecule has 2 unspecified atom stereocenters. The maximum Gasteiger partial charge on any atom is 0.393 e. The zero-order chi connectivity index (χ0) is 15.7. The van der Waals surface area contributed by atoms with Gasteiger partial charge in [0.1, 0.15) is 0 Å². The van der Waals surface area contributed by atoms with Gasteiger partial charge in [0.2, 0.25) is 10.0 Å². The molecule has 21 heavy (non-hydrogen) atoms. The molecule has 1 aliphatic heterocycles. The van der Waals surface area contributed by atoms with Crippen LogP contribution in [0.25, 0.3) is 0 Å². The molecule has 0 spiro atoms. The molecule has 0 aromatic carbocycles. The van der Waals surface area contributed by atoms with Gasteiger partial charge in [0, 0.05) is 31.5 Å². The van der Waals surface area contributed by atoms with Crippen LogP contribution in [0.4, 0.5) is 13.2 Å². The quantitative estimate of drug-likeness (QED) is 0.849. The highest BCUT2D eigenvalue weighted by molar-refractivity contribution is 7.89. The van der Waals surface area contributed by atoms with Gasteiger partial charge in [0.15, 0.2) is 0 Å². The summed E-state index contributed by atoms with van der Waals surface area (Å²) in [4.78, 5) is 3.80. The molecular formula is C12H18F3N3O2S. The lowest BCUT2D eigenvalue weighted by Gasteiger charge is -2.37. The highest BCUT2D eigenvalue weighted by atomic mass is 32.2. The number of nitrogens with zero attached hydrogens (tertiary/aromatic N) is 3. The van der Waals surface area contributed by atoms with Gasteiger partial charge < -0.3 is 4.57 Å². The first kappa shape index (κ1) is 16.3. The van der Waals surface area contributed by atoms with Crippen LogP contribution in [-0.2, 0) is 16.6 Å². The van der Waals surface area contributed by atoms with Crippen LogP contribution in [0, 0.1) is 5.92 Å². The Bertz CT molecular complexity index is 557. The van der Waals surface area contributed by atoms with Crippen LogP contribution in [0.2, 0.25) is 0 Å². The van der Waals surface area contributed by atoms with Gasteiger partial charge in [0.25, 0.3) is 0 Å².